The maximum atomic E-state index is 5.64. The monoisotopic (exact) mass is 322 g/mol. The van der Waals surface area contributed by atoms with E-state index < -0.39 is 8.56 Å². The van der Waals surface area contributed by atoms with Crippen molar-refractivity contribution in [2.75, 3.05) is 14.2 Å². The lowest BCUT2D eigenvalue weighted by molar-refractivity contribution is 0.241. The second-order valence-corrected chi connectivity index (χ2v) is 9.80. The van der Waals surface area contributed by atoms with E-state index in [2.05, 4.69) is 13.8 Å². The van der Waals surface area contributed by atoms with Crippen molar-refractivity contribution < 1.29 is 13.6 Å². The summed E-state index contributed by atoms with van der Waals surface area (Å²) in [5.41, 5.74) is 0. The average Bonchev–Trinajstić information content (AvgIpc) is 2.49. The molecule has 0 bridgehead atoms. The van der Waals surface area contributed by atoms with Gasteiger partial charge in [0.1, 0.15) is 0 Å². The molecule has 2 nitrogen and oxygen atoms in total. The molecule has 0 aliphatic rings. The van der Waals surface area contributed by atoms with E-state index in [9.17, 15) is 0 Å². The van der Waals surface area contributed by atoms with Gasteiger partial charge in [-0.2, -0.15) is 0 Å². The Morgan fingerprint density at radius 3 is 1.33 bits per heavy atom. The van der Waals surface area contributed by atoms with Gasteiger partial charge in [0, 0.05) is 14.2 Å². The van der Waals surface area contributed by atoms with Crippen LogP contribution in [0.1, 0.15) is 84.5 Å². The number of hydrogen-bond donors (Lipinski definition) is 0. The van der Waals surface area contributed by atoms with Crippen LogP contribution < -0.4 is 0 Å². The third-order valence-corrected chi connectivity index (χ3v) is 8.12. The third-order valence-electron chi connectivity index (χ3n) is 4.44. The van der Waals surface area contributed by atoms with Crippen molar-refractivity contribution in [2.45, 2.75) is 96.6 Å². The molecule has 0 amide bonds. The Kier molecular flexibility index (Phi) is 18.3. The van der Waals surface area contributed by atoms with E-state index in [1.165, 1.54) is 70.6 Å². The number of unbranched alkanes of at least 4 members (excludes halogenated alkanes) is 10. The van der Waals surface area contributed by atoms with Gasteiger partial charge in [-0.3, -0.25) is 4.70 Å². The first-order chi connectivity index (χ1) is 9.74. The Hall–Kier alpha value is 0.0669. The van der Waals surface area contributed by atoms with Gasteiger partial charge in [-0.25, -0.2) is 0 Å². The summed E-state index contributed by atoms with van der Waals surface area (Å²) < 4.78 is 11.3. The molecule has 0 aromatic rings. The molecular formula is C17H39FO2Si. The summed E-state index contributed by atoms with van der Waals surface area (Å²) in [6.07, 6.45) is 15.4. The lowest BCUT2D eigenvalue weighted by atomic mass is 10.1. The van der Waals surface area contributed by atoms with Crippen LogP contribution in [-0.4, -0.2) is 22.8 Å². The highest BCUT2D eigenvalue weighted by molar-refractivity contribution is 6.67. The van der Waals surface area contributed by atoms with Crippen LogP contribution in [0, 0.1) is 0 Å². The first-order valence-corrected chi connectivity index (χ1v) is 11.1. The van der Waals surface area contributed by atoms with Crippen molar-refractivity contribution in [2.24, 2.45) is 0 Å². The maximum absolute atomic E-state index is 5.64. The van der Waals surface area contributed by atoms with Crippen LogP contribution in [-0.2, 0) is 8.85 Å². The normalized spacial score (nSPS) is 11.4. The molecule has 0 saturated carbocycles. The minimum absolute atomic E-state index is 0. The van der Waals surface area contributed by atoms with Crippen LogP contribution in [0.5, 0.6) is 0 Å². The van der Waals surface area contributed by atoms with Crippen LogP contribution in [0.25, 0.3) is 0 Å². The molecule has 0 aliphatic heterocycles. The molecule has 0 spiro atoms. The number of rotatable bonds is 15. The molecule has 130 valence electrons. The molecule has 4 heteroatoms. The second kappa shape index (κ2) is 16.4. The number of hydrogen-bond acceptors (Lipinski definition) is 2. The Balaban J connectivity index is 0. The Bertz CT molecular complexity index is 191. The topological polar surface area (TPSA) is 18.5 Å². The van der Waals surface area contributed by atoms with Crippen LogP contribution in [0.15, 0.2) is 0 Å². The molecular weight excluding hydrogens is 283 g/mol. The van der Waals surface area contributed by atoms with Crippen LogP contribution in [0.4, 0.5) is 4.70 Å². The predicted molar refractivity (Wildman–Crippen MR) is 94.0 cm³/mol. The van der Waals surface area contributed by atoms with E-state index in [-0.39, 0.29) is 4.70 Å². The number of halogens is 1. The Morgan fingerprint density at radius 2 is 1.00 bits per heavy atom. The fourth-order valence-corrected chi connectivity index (χ4v) is 5.11. The smallest absolute Gasteiger partial charge is 0.337 e. The lowest BCUT2D eigenvalue weighted by Crippen LogP contribution is -2.38. The van der Waals surface area contributed by atoms with Gasteiger partial charge in [0.2, 0.25) is 0 Å². The van der Waals surface area contributed by atoms with E-state index >= 15 is 0 Å². The largest absolute Gasteiger partial charge is 0.398 e. The summed E-state index contributed by atoms with van der Waals surface area (Å²) in [4.78, 5) is 0. The molecule has 21 heavy (non-hydrogen) atoms. The molecule has 0 aromatic carbocycles. The molecule has 0 atom stereocenters. The van der Waals surface area contributed by atoms with Crippen molar-refractivity contribution in [1.29, 1.82) is 0 Å². The van der Waals surface area contributed by atoms with Crippen LogP contribution in [0.3, 0.4) is 0 Å². The Labute approximate surface area is 133 Å². The summed E-state index contributed by atoms with van der Waals surface area (Å²) in [5.74, 6) is 0. The standard InChI is InChI=1S/C17H38O2Si.FH/c1-5-7-8-9-10-11-12-13-14-15-16-17-20(6-2,18-3)19-4;/h5-17H2,1-4H3;1H. The van der Waals surface area contributed by atoms with E-state index in [4.69, 9.17) is 8.85 Å². The molecule has 0 N–H and O–H groups in total. The third kappa shape index (κ3) is 12.3. The van der Waals surface area contributed by atoms with Gasteiger partial charge in [-0.15, -0.1) is 0 Å². The minimum atomic E-state index is -1.81. The van der Waals surface area contributed by atoms with Gasteiger partial charge in [-0.05, 0) is 12.1 Å². The van der Waals surface area contributed by atoms with Gasteiger partial charge in [0.05, 0.1) is 0 Å². The van der Waals surface area contributed by atoms with E-state index in [1.54, 1.807) is 0 Å². The molecule has 0 aliphatic carbocycles. The summed E-state index contributed by atoms with van der Waals surface area (Å²) in [7, 11) is 1.82. The minimum Gasteiger partial charge on any atom is -0.398 e. The molecule has 0 radical (unpaired) electrons. The van der Waals surface area contributed by atoms with E-state index in [0.717, 1.165) is 12.1 Å². The fraction of sp³-hybridized carbons (Fsp3) is 1.00. The van der Waals surface area contributed by atoms with Crippen molar-refractivity contribution in [3.8, 4) is 0 Å². The highest BCUT2D eigenvalue weighted by Crippen LogP contribution is 2.21. The van der Waals surface area contributed by atoms with E-state index in [1.807, 2.05) is 14.2 Å². The van der Waals surface area contributed by atoms with Gasteiger partial charge < -0.3 is 8.85 Å². The molecule has 0 aromatic heterocycles. The quantitative estimate of drug-likeness (QED) is 0.264. The van der Waals surface area contributed by atoms with Gasteiger partial charge in [0.15, 0.2) is 0 Å². The first kappa shape index (κ1) is 23.3. The van der Waals surface area contributed by atoms with Gasteiger partial charge in [-0.1, -0.05) is 84.5 Å². The first-order valence-electron chi connectivity index (χ1n) is 8.85. The van der Waals surface area contributed by atoms with Gasteiger partial charge >= 0.3 is 8.56 Å². The van der Waals surface area contributed by atoms with E-state index in [0.29, 0.717) is 0 Å². The van der Waals surface area contributed by atoms with Crippen molar-refractivity contribution in [3.63, 3.8) is 0 Å². The highest BCUT2D eigenvalue weighted by atomic mass is 28.4. The van der Waals surface area contributed by atoms with Gasteiger partial charge in [0.25, 0.3) is 0 Å². The zero-order chi connectivity index (χ0) is 15.1. The lowest BCUT2D eigenvalue weighted by Gasteiger charge is -2.25. The molecule has 0 saturated heterocycles. The summed E-state index contributed by atoms with van der Waals surface area (Å²) >= 11 is 0. The highest BCUT2D eigenvalue weighted by Gasteiger charge is 2.32. The Morgan fingerprint density at radius 1 is 0.619 bits per heavy atom. The fourth-order valence-electron chi connectivity index (χ4n) is 2.81. The van der Waals surface area contributed by atoms with Crippen LogP contribution >= 0.6 is 0 Å². The zero-order valence-corrected chi connectivity index (χ0v) is 15.9. The van der Waals surface area contributed by atoms with Crippen LogP contribution in [0.2, 0.25) is 12.1 Å². The maximum Gasteiger partial charge on any atom is 0.337 e. The summed E-state index contributed by atoms with van der Waals surface area (Å²) in [6, 6.07) is 2.23. The van der Waals surface area contributed by atoms with Crippen molar-refractivity contribution >= 4 is 8.56 Å². The molecule has 0 fully saturated rings. The average molecular weight is 323 g/mol. The predicted octanol–water partition coefficient (Wildman–Crippen LogP) is 6.20. The SMILES string of the molecule is CCCCCCCCCCCCC[Si](CC)(OC)OC.F. The summed E-state index contributed by atoms with van der Waals surface area (Å²) in [6.45, 7) is 4.47. The molecule has 0 unspecified atom stereocenters. The molecule has 0 rings (SSSR count). The summed E-state index contributed by atoms with van der Waals surface area (Å²) in [5, 5.41) is 0. The zero-order valence-electron chi connectivity index (χ0n) is 14.9. The second-order valence-electron chi connectivity index (χ2n) is 5.96. The molecule has 0 heterocycles. The van der Waals surface area contributed by atoms with Crippen molar-refractivity contribution in [3.05, 3.63) is 0 Å². The van der Waals surface area contributed by atoms with Crippen molar-refractivity contribution in [1.82, 2.24) is 0 Å².